The van der Waals surface area contributed by atoms with Crippen molar-refractivity contribution >= 4 is 35.6 Å². The van der Waals surface area contributed by atoms with Crippen LogP contribution in [0, 0.1) is 17.8 Å². The number of alkyl carbamates (subject to hydrolysis) is 1. The number of rotatable bonds is 23. The highest BCUT2D eigenvalue weighted by atomic mass is 16.6. The molecule has 66 heavy (non-hydrogen) atoms. The van der Waals surface area contributed by atoms with Crippen molar-refractivity contribution in [2.75, 3.05) is 39.8 Å². The molecule has 13 heteroatoms. The van der Waals surface area contributed by atoms with Crippen LogP contribution in [0.3, 0.4) is 0 Å². The Bertz CT molecular complexity index is 2030. The molecule has 13 nitrogen and oxygen atoms in total. The van der Waals surface area contributed by atoms with E-state index in [1.54, 1.807) is 29.2 Å². The van der Waals surface area contributed by atoms with Gasteiger partial charge in [0.1, 0.15) is 6.10 Å². The molecule has 4 N–H and O–H groups in total. The van der Waals surface area contributed by atoms with Crippen molar-refractivity contribution in [3.05, 3.63) is 107 Å². The topological polar surface area (TPSA) is 166 Å². The average Bonchev–Trinajstić information content (AvgIpc) is 4.19. The fourth-order valence-electron chi connectivity index (χ4n) is 9.86. The molecule has 0 spiro atoms. The van der Waals surface area contributed by atoms with E-state index in [2.05, 4.69) is 52.5 Å². The third-order valence-corrected chi connectivity index (χ3v) is 14.0. The van der Waals surface area contributed by atoms with E-state index < -0.39 is 30.0 Å². The van der Waals surface area contributed by atoms with Crippen LogP contribution in [0.4, 0.5) is 4.79 Å². The fraction of sp³-hybridized carbons (Fsp3) is 0.547. The van der Waals surface area contributed by atoms with Crippen molar-refractivity contribution in [1.29, 1.82) is 0 Å². The lowest BCUT2D eigenvalue weighted by Crippen LogP contribution is -2.43. The van der Waals surface area contributed by atoms with Gasteiger partial charge in [0.15, 0.2) is 0 Å². The fourth-order valence-corrected chi connectivity index (χ4v) is 9.86. The number of nitrogens with one attached hydrogen (secondary N) is 4. The molecular formula is C53H70N6O7. The number of nitrogens with zero attached hydrogens (tertiary/aromatic N) is 2. The van der Waals surface area contributed by atoms with Gasteiger partial charge in [-0.15, -0.1) is 0 Å². The SMILES string of the molecule is CCCCCCCCCCCCCCNC(=O)[C@@H]1CN(C(=O)c2ccc(C(=O)N3C[C@@H](C(=O)N[C@H]4C[C@@H]4c4ccccc4)[C@H](C(=O)N[C@H]4C[C@@H]4c4ccccc4)C3)cc2)C[C@H]1OC(=O)NC. The van der Waals surface area contributed by atoms with Gasteiger partial charge in [0.25, 0.3) is 11.8 Å². The molecule has 0 unspecified atom stereocenters. The predicted octanol–water partition coefficient (Wildman–Crippen LogP) is 7.33. The first-order valence-electron chi connectivity index (χ1n) is 24.7. The van der Waals surface area contributed by atoms with Gasteiger partial charge in [-0.3, -0.25) is 24.0 Å². The van der Waals surface area contributed by atoms with Crippen molar-refractivity contribution in [3.63, 3.8) is 0 Å². The lowest BCUT2D eigenvalue weighted by atomic mass is 9.94. The summed E-state index contributed by atoms with van der Waals surface area (Å²) >= 11 is 0. The van der Waals surface area contributed by atoms with Crippen LogP contribution in [0.25, 0.3) is 0 Å². The molecule has 6 amide bonds. The smallest absolute Gasteiger partial charge is 0.407 e. The Balaban J connectivity index is 0.915. The predicted molar refractivity (Wildman–Crippen MR) is 254 cm³/mol. The molecule has 2 heterocycles. The molecule has 2 saturated heterocycles. The van der Waals surface area contributed by atoms with E-state index in [1.807, 2.05) is 36.4 Å². The largest absolute Gasteiger partial charge is 0.443 e. The monoisotopic (exact) mass is 903 g/mol. The van der Waals surface area contributed by atoms with E-state index in [1.165, 1.54) is 69.7 Å². The molecular weight excluding hydrogens is 833 g/mol. The van der Waals surface area contributed by atoms with Crippen molar-refractivity contribution in [1.82, 2.24) is 31.1 Å². The van der Waals surface area contributed by atoms with Crippen molar-refractivity contribution < 1.29 is 33.5 Å². The molecule has 3 aromatic rings. The second kappa shape index (κ2) is 23.6. The number of amides is 6. The first-order chi connectivity index (χ1) is 32.1. The first kappa shape index (κ1) is 48.2. The summed E-state index contributed by atoms with van der Waals surface area (Å²) in [6.45, 7) is 3.05. The van der Waals surface area contributed by atoms with E-state index in [4.69, 9.17) is 4.74 Å². The quantitative estimate of drug-likeness (QED) is 0.0724. The van der Waals surface area contributed by atoms with Crippen molar-refractivity contribution in [2.45, 2.75) is 127 Å². The maximum absolute atomic E-state index is 14.1. The summed E-state index contributed by atoms with van der Waals surface area (Å²) in [7, 11) is 1.45. The zero-order valence-corrected chi connectivity index (χ0v) is 38.9. The first-order valence-corrected chi connectivity index (χ1v) is 24.7. The molecule has 8 atom stereocenters. The second-order valence-electron chi connectivity index (χ2n) is 18.9. The molecule has 0 radical (unpaired) electrons. The van der Waals surface area contributed by atoms with E-state index in [9.17, 15) is 28.8 Å². The van der Waals surface area contributed by atoms with Gasteiger partial charge < -0.3 is 35.8 Å². The zero-order chi connectivity index (χ0) is 46.4. The number of unbranched alkanes of at least 4 members (excludes halogenated alkanes) is 11. The third-order valence-electron chi connectivity index (χ3n) is 14.0. The van der Waals surface area contributed by atoms with Gasteiger partial charge in [0.05, 0.1) is 24.3 Å². The minimum Gasteiger partial charge on any atom is -0.443 e. The standard InChI is InChI=1S/C53H70N6O7/c1-3-4-5-6-7-8-9-10-11-12-13-20-29-55-48(60)44-34-59(35-47(44)66-53(65)54-2)52(64)39-27-25-38(26-28-39)51(63)58-32-42(49(61)56-45-30-40(45)36-21-16-14-17-22-36)43(33-58)50(62)57-46-31-41(46)37-23-18-15-19-24-37/h14-19,21-28,40-47H,3-13,20,29-35H2,1-2H3,(H,54,65)(H,55,60)(H,56,61)(H,57,62)/t40-,41-,42-,43-,44-,45+,46+,47-/m1/s1. The highest BCUT2D eigenvalue weighted by molar-refractivity contribution is 5.99. The number of ether oxygens (including phenoxy) is 1. The van der Waals surface area contributed by atoms with E-state index >= 15 is 0 Å². The van der Waals surface area contributed by atoms with Crippen LogP contribution in [-0.2, 0) is 19.1 Å². The van der Waals surface area contributed by atoms with E-state index in [-0.39, 0.29) is 79.6 Å². The van der Waals surface area contributed by atoms with Crippen molar-refractivity contribution in [3.8, 4) is 0 Å². The molecule has 4 aliphatic rings. The number of benzene rings is 3. The summed E-state index contributed by atoms with van der Waals surface area (Å²) in [4.78, 5) is 84.5. The molecule has 7 rings (SSSR count). The Labute approximate surface area is 390 Å². The van der Waals surface area contributed by atoms with Gasteiger partial charge in [-0.05, 0) is 54.7 Å². The number of carbonyl (C=O) groups is 6. The third kappa shape index (κ3) is 13.0. The molecule has 2 saturated carbocycles. The summed E-state index contributed by atoms with van der Waals surface area (Å²) in [6.07, 6.45) is 14.8. The van der Waals surface area contributed by atoms with Crippen LogP contribution >= 0.6 is 0 Å². The van der Waals surface area contributed by atoms with Crippen molar-refractivity contribution in [2.24, 2.45) is 17.8 Å². The summed E-state index contributed by atoms with van der Waals surface area (Å²) in [5, 5.41) is 11.8. The molecule has 354 valence electrons. The highest BCUT2D eigenvalue weighted by Gasteiger charge is 2.49. The van der Waals surface area contributed by atoms with Crippen LogP contribution in [0.15, 0.2) is 84.9 Å². The Kier molecular flexibility index (Phi) is 17.3. The molecule has 4 fully saturated rings. The van der Waals surface area contributed by atoms with E-state index in [0.29, 0.717) is 17.7 Å². The molecule has 2 aliphatic carbocycles. The summed E-state index contributed by atoms with van der Waals surface area (Å²) in [5.74, 6) is -3.16. The number of hydrogen-bond donors (Lipinski definition) is 4. The second-order valence-corrected chi connectivity index (χ2v) is 18.9. The summed E-state index contributed by atoms with van der Waals surface area (Å²) in [6, 6.07) is 26.3. The van der Waals surface area contributed by atoms with Crippen LogP contribution in [0.5, 0.6) is 0 Å². The molecule has 3 aromatic carbocycles. The van der Waals surface area contributed by atoms with E-state index in [0.717, 1.165) is 43.2 Å². The lowest BCUT2D eigenvalue weighted by molar-refractivity contribution is -0.133. The minimum atomic E-state index is -0.824. The number of likely N-dealkylation sites (tertiary alicyclic amines) is 2. The van der Waals surface area contributed by atoms with Gasteiger partial charge in [-0.1, -0.05) is 138 Å². The number of hydrogen-bond acceptors (Lipinski definition) is 7. The van der Waals surface area contributed by atoms with Crippen LogP contribution in [-0.4, -0.2) is 103 Å². The minimum absolute atomic E-state index is 0.0284. The van der Waals surface area contributed by atoms with Gasteiger partial charge >= 0.3 is 6.09 Å². The Morgan fingerprint density at radius 2 is 0.955 bits per heavy atom. The Morgan fingerprint density at radius 1 is 0.530 bits per heavy atom. The lowest BCUT2D eigenvalue weighted by Gasteiger charge is -2.18. The van der Waals surface area contributed by atoms with Crippen LogP contribution in [0.2, 0.25) is 0 Å². The number of carbonyl (C=O) groups excluding carboxylic acids is 6. The highest BCUT2D eigenvalue weighted by Crippen LogP contribution is 2.43. The van der Waals surface area contributed by atoms with Crippen LogP contribution in [0.1, 0.15) is 140 Å². The summed E-state index contributed by atoms with van der Waals surface area (Å²) < 4.78 is 5.58. The van der Waals surface area contributed by atoms with Crippen LogP contribution < -0.4 is 21.3 Å². The normalized spacial score (nSPS) is 24.0. The van der Waals surface area contributed by atoms with Gasteiger partial charge in [-0.25, -0.2) is 4.79 Å². The van der Waals surface area contributed by atoms with Gasteiger partial charge in [0, 0.05) is 68.3 Å². The molecule has 2 aliphatic heterocycles. The van der Waals surface area contributed by atoms with Gasteiger partial charge in [0.2, 0.25) is 17.7 Å². The summed E-state index contributed by atoms with van der Waals surface area (Å²) in [5.41, 5.74) is 2.96. The Morgan fingerprint density at radius 3 is 1.41 bits per heavy atom. The van der Waals surface area contributed by atoms with Gasteiger partial charge in [-0.2, -0.15) is 0 Å². The molecule has 0 bridgehead atoms. The maximum Gasteiger partial charge on any atom is 0.407 e. The average molecular weight is 903 g/mol. The zero-order valence-electron chi connectivity index (χ0n) is 38.9. The Hall–Kier alpha value is -5.72. The molecule has 0 aromatic heterocycles. The maximum atomic E-state index is 14.1.